The van der Waals surface area contributed by atoms with E-state index in [1.807, 2.05) is 84.9 Å². The minimum absolute atomic E-state index is 0.0533. The number of nitrogens with one attached hydrogen (secondary N) is 1. The van der Waals surface area contributed by atoms with Crippen LogP contribution in [-0.2, 0) is 32.6 Å². The van der Waals surface area contributed by atoms with Crippen LogP contribution in [0.4, 0.5) is 0 Å². The summed E-state index contributed by atoms with van der Waals surface area (Å²) in [6.07, 6.45) is -1.31. The van der Waals surface area contributed by atoms with E-state index < -0.39 is 22.3 Å². The Kier molecular flexibility index (Phi) is 10.9. The quantitative estimate of drug-likeness (QED) is 0.114. The zero-order valence-electron chi connectivity index (χ0n) is 26.8. The van der Waals surface area contributed by atoms with E-state index in [4.69, 9.17) is 9.47 Å². The van der Waals surface area contributed by atoms with Crippen LogP contribution in [0, 0.1) is 5.92 Å². The molecule has 0 aliphatic carbocycles. The smallest absolute Gasteiger partial charge is 0.336 e. The van der Waals surface area contributed by atoms with Crippen LogP contribution in [0.2, 0.25) is 0 Å². The summed E-state index contributed by atoms with van der Waals surface area (Å²) in [5.41, 5.74) is 5.48. The number of aromatic carboxylic acids is 1. The molecule has 5 aromatic rings. The molecule has 0 bridgehead atoms. The van der Waals surface area contributed by atoms with E-state index in [-0.39, 0.29) is 41.7 Å². The Labute approximate surface area is 290 Å². The number of rotatable bonds is 12. The van der Waals surface area contributed by atoms with Crippen LogP contribution >= 0.6 is 11.8 Å². The van der Waals surface area contributed by atoms with Gasteiger partial charge in [0.15, 0.2) is 6.29 Å². The summed E-state index contributed by atoms with van der Waals surface area (Å²) in [4.78, 5) is 12.7. The highest BCUT2D eigenvalue weighted by atomic mass is 32.2. The predicted octanol–water partition coefficient (Wildman–Crippen LogP) is 7.61. The van der Waals surface area contributed by atoms with Gasteiger partial charge in [0.2, 0.25) is 10.0 Å². The van der Waals surface area contributed by atoms with Crippen LogP contribution in [0.3, 0.4) is 0 Å². The third kappa shape index (κ3) is 8.30. The van der Waals surface area contributed by atoms with Gasteiger partial charge in [-0.15, -0.1) is 11.8 Å². The molecule has 8 nitrogen and oxygen atoms in total. The van der Waals surface area contributed by atoms with Crippen LogP contribution in [0.25, 0.3) is 11.1 Å². The van der Waals surface area contributed by atoms with Gasteiger partial charge in [0.05, 0.1) is 29.3 Å². The molecule has 49 heavy (non-hydrogen) atoms. The fourth-order valence-electron chi connectivity index (χ4n) is 5.84. The Morgan fingerprint density at radius 1 is 0.776 bits per heavy atom. The van der Waals surface area contributed by atoms with Gasteiger partial charge in [-0.3, -0.25) is 0 Å². The molecule has 0 saturated carbocycles. The summed E-state index contributed by atoms with van der Waals surface area (Å²) in [6.45, 7) is 2.16. The first-order valence-electron chi connectivity index (χ1n) is 15.9. The minimum Gasteiger partial charge on any atom is -0.478 e. The molecular weight excluding hydrogens is 659 g/mol. The van der Waals surface area contributed by atoms with E-state index in [0.717, 1.165) is 33.4 Å². The molecule has 5 aromatic carbocycles. The third-order valence-electron chi connectivity index (χ3n) is 8.58. The lowest BCUT2D eigenvalue weighted by Crippen LogP contribution is -2.38. The summed E-state index contributed by atoms with van der Waals surface area (Å²) < 4.78 is 41.5. The SMILES string of the molecule is C[C@H]1[C@@H](CSc2ccccc2C(=O)O)O[C@@H](c2cccc(-c3cccc(CNS(=O)(=O)c4ccccc4)c3)c2)O[C@H]1c1ccc(CO)cc1. The van der Waals surface area contributed by atoms with Crippen molar-refractivity contribution < 1.29 is 32.9 Å². The molecule has 1 heterocycles. The normalized spacial score (nSPS) is 19.4. The highest BCUT2D eigenvalue weighted by Gasteiger charge is 2.38. The van der Waals surface area contributed by atoms with Gasteiger partial charge in [-0.2, -0.15) is 0 Å². The molecule has 1 aliphatic rings. The lowest BCUT2D eigenvalue weighted by Gasteiger charge is -2.41. The first-order valence-corrected chi connectivity index (χ1v) is 18.4. The Morgan fingerprint density at radius 3 is 2.20 bits per heavy atom. The fraction of sp³-hybridized carbons (Fsp3) is 0.205. The molecule has 252 valence electrons. The minimum atomic E-state index is -3.65. The Balaban J connectivity index is 1.24. The number of carboxylic acids is 1. The molecule has 4 atom stereocenters. The molecule has 3 N–H and O–H groups in total. The standard InChI is InChI=1S/C39H37NO7S2/c1-26-35(25-48-36-16-6-5-15-34(36)38(42)43)46-39(47-37(26)29-19-17-27(24-41)18-20-29)32-12-8-11-31(22-32)30-10-7-9-28(21-30)23-40-49(44,45)33-13-3-2-4-14-33/h2-22,26,35,37,39-41H,23-25H2,1H3,(H,42,43)/t26-,35+,37+,39+/m0/s1. The van der Waals surface area contributed by atoms with Gasteiger partial charge in [-0.05, 0) is 64.2 Å². The van der Waals surface area contributed by atoms with Crippen molar-refractivity contribution in [2.75, 3.05) is 5.75 Å². The number of ether oxygens (including phenoxy) is 2. The van der Waals surface area contributed by atoms with Crippen molar-refractivity contribution in [2.24, 2.45) is 5.92 Å². The number of benzene rings is 5. The molecule has 0 unspecified atom stereocenters. The van der Waals surface area contributed by atoms with Crippen LogP contribution in [0.15, 0.2) is 137 Å². The average molecular weight is 696 g/mol. The number of aliphatic hydroxyl groups excluding tert-OH is 1. The Morgan fingerprint density at radius 2 is 1.47 bits per heavy atom. The van der Waals surface area contributed by atoms with Crippen molar-refractivity contribution in [3.63, 3.8) is 0 Å². The number of hydrogen-bond donors (Lipinski definition) is 3. The third-order valence-corrected chi connectivity index (χ3v) is 11.2. The predicted molar refractivity (Wildman–Crippen MR) is 189 cm³/mol. The molecule has 0 spiro atoms. The monoisotopic (exact) mass is 695 g/mol. The van der Waals surface area contributed by atoms with E-state index in [2.05, 4.69) is 11.6 Å². The van der Waals surface area contributed by atoms with E-state index >= 15 is 0 Å². The highest BCUT2D eigenvalue weighted by Crippen LogP contribution is 2.43. The topological polar surface area (TPSA) is 122 Å². The lowest BCUT2D eigenvalue weighted by molar-refractivity contribution is -0.268. The van der Waals surface area contributed by atoms with Crippen LogP contribution in [0.5, 0.6) is 0 Å². The van der Waals surface area contributed by atoms with Gasteiger partial charge in [0.1, 0.15) is 0 Å². The largest absolute Gasteiger partial charge is 0.478 e. The fourth-order valence-corrected chi connectivity index (χ4v) is 8.09. The van der Waals surface area contributed by atoms with Crippen molar-refractivity contribution >= 4 is 27.8 Å². The molecule has 10 heteroatoms. The van der Waals surface area contributed by atoms with Crippen LogP contribution in [-0.4, -0.2) is 36.5 Å². The maximum absolute atomic E-state index is 12.8. The second-order valence-electron chi connectivity index (χ2n) is 11.9. The van der Waals surface area contributed by atoms with Gasteiger partial charge in [-0.25, -0.2) is 17.9 Å². The molecular formula is C39H37NO7S2. The van der Waals surface area contributed by atoms with Gasteiger partial charge in [-0.1, -0.05) is 97.9 Å². The molecule has 1 fully saturated rings. The van der Waals surface area contributed by atoms with Gasteiger partial charge < -0.3 is 19.7 Å². The van der Waals surface area contributed by atoms with Crippen molar-refractivity contribution in [1.29, 1.82) is 0 Å². The summed E-state index contributed by atoms with van der Waals surface area (Å²) in [7, 11) is -3.65. The van der Waals surface area contributed by atoms with Crippen LogP contribution in [0.1, 0.15) is 51.9 Å². The molecule has 0 radical (unpaired) electrons. The van der Waals surface area contributed by atoms with Crippen molar-refractivity contribution in [3.8, 4) is 11.1 Å². The van der Waals surface area contributed by atoms with Crippen molar-refractivity contribution in [3.05, 3.63) is 155 Å². The van der Waals surface area contributed by atoms with E-state index in [1.165, 1.54) is 11.8 Å². The summed E-state index contributed by atoms with van der Waals surface area (Å²) in [6, 6.07) is 38.6. The summed E-state index contributed by atoms with van der Waals surface area (Å²) >= 11 is 1.45. The van der Waals surface area contributed by atoms with Crippen LogP contribution < -0.4 is 4.72 Å². The second kappa shape index (κ2) is 15.5. The number of carbonyl (C=O) groups is 1. The number of thioether (sulfide) groups is 1. The Hall–Kier alpha value is -4.29. The first-order chi connectivity index (χ1) is 23.7. The average Bonchev–Trinajstić information content (AvgIpc) is 3.14. The molecule has 1 saturated heterocycles. The second-order valence-corrected chi connectivity index (χ2v) is 14.7. The molecule has 1 aliphatic heterocycles. The van der Waals surface area contributed by atoms with Crippen molar-refractivity contribution in [1.82, 2.24) is 4.72 Å². The van der Waals surface area contributed by atoms with Gasteiger partial charge in [0, 0.05) is 28.7 Å². The van der Waals surface area contributed by atoms with E-state index in [1.54, 1.807) is 42.5 Å². The highest BCUT2D eigenvalue weighted by molar-refractivity contribution is 7.99. The number of hydrogen-bond acceptors (Lipinski definition) is 7. The summed E-state index contributed by atoms with van der Waals surface area (Å²) in [5.74, 6) is -0.532. The maximum atomic E-state index is 12.8. The maximum Gasteiger partial charge on any atom is 0.336 e. The van der Waals surface area contributed by atoms with E-state index in [0.29, 0.717) is 10.6 Å². The molecule has 6 rings (SSSR count). The lowest BCUT2D eigenvalue weighted by atomic mass is 9.91. The van der Waals surface area contributed by atoms with Gasteiger partial charge in [0.25, 0.3) is 0 Å². The zero-order chi connectivity index (χ0) is 34.4. The number of aliphatic hydroxyl groups is 1. The molecule has 0 aromatic heterocycles. The van der Waals surface area contributed by atoms with E-state index in [9.17, 15) is 23.4 Å². The first kappa shape index (κ1) is 34.6. The number of sulfonamides is 1. The Bertz CT molecular complexity index is 2000. The molecule has 0 amide bonds. The number of carboxylic acid groups (broad SMARTS) is 1. The van der Waals surface area contributed by atoms with Crippen molar-refractivity contribution in [2.45, 2.75) is 48.4 Å². The van der Waals surface area contributed by atoms with Gasteiger partial charge >= 0.3 is 5.97 Å². The zero-order valence-corrected chi connectivity index (χ0v) is 28.4. The summed E-state index contributed by atoms with van der Waals surface area (Å²) in [5, 5.41) is 19.3.